The number of rotatable bonds is 9. The van der Waals surface area contributed by atoms with Crippen molar-refractivity contribution in [2.45, 2.75) is 19.8 Å². The molecular weight excluding hydrogens is 240 g/mol. The van der Waals surface area contributed by atoms with Crippen LogP contribution < -0.4 is 20.5 Å². The summed E-state index contributed by atoms with van der Waals surface area (Å²) in [7, 11) is 3.35. The van der Waals surface area contributed by atoms with E-state index in [4.69, 9.17) is 15.2 Å². The molecule has 0 aliphatic rings. The summed E-state index contributed by atoms with van der Waals surface area (Å²) < 4.78 is 10.6. The minimum absolute atomic E-state index is 0.628. The zero-order chi connectivity index (χ0) is 14.1. The van der Waals surface area contributed by atoms with Crippen LogP contribution in [0, 0.1) is 5.92 Å². The Bertz CT molecular complexity index is 369. The van der Waals surface area contributed by atoms with Gasteiger partial charge in [0.15, 0.2) is 0 Å². The number of benzene rings is 1. The summed E-state index contributed by atoms with van der Waals surface area (Å²) in [5.74, 6) is 2.34. The first-order chi connectivity index (χ1) is 9.21. The van der Waals surface area contributed by atoms with Crippen molar-refractivity contribution in [2.75, 3.05) is 33.9 Å². The highest BCUT2D eigenvalue weighted by Crippen LogP contribution is 2.24. The van der Waals surface area contributed by atoms with Crippen LogP contribution in [0.1, 0.15) is 18.9 Å². The number of ether oxygens (including phenoxy) is 2. The Hall–Kier alpha value is -1.26. The molecule has 19 heavy (non-hydrogen) atoms. The van der Waals surface area contributed by atoms with Crippen molar-refractivity contribution in [2.24, 2.45) is 11.7 Å². The number of methoxy groups -OCH3 is 2. The minimum atomic E-state index is 0.628. The molecule has 1 atom stereocenters. The molecule has 0 aliphatic carbocycles. The van der Waals surface area contributed by atoms with Crippen LogP contribution in [0.3, 0.4) is 0 Å². The van der Waals surface area contributed by atoms with Crippen LogP contribution >= 0.6 is 0 Å². The van der Waals surface area contributed by atoms with Gasteiger partial charge < -0.3 is 20.5 Å². The molecule has 0 heterocycles. The zero-order valence-electron chi connectivity index (χ0n) is 12.2. The van der Waals surface area contributed by atoms with E-state index in [-0.39, 0.29) is 0 Å². The average Bonchev–Trinajstić information content (AvgIpc) is 2.44. The second-order valence-electron chi connectivity index (χ2n) is 4.81. The summed E-state index contributed by atoms with van der Waals surface area (Å²) in [6, 6.07) is 5.95. The van der Waals surface area contributed by atoms with Crippen molar-refractivity contribution in [3.8, 4) is 11.5 Å². The highest BCUT2D eigenvalue weighted by Gasteiger charge is 2.05. The van der Waals surface area contributed by atoms with Crippen LogP contribution in [0.2, 0.25) is 0 Å². The first-order valence-corrected chi connectivity index (χ1v) is 6.83. The number of nitrogens with two attached hydrogens (primary N) is 1. The molecule has 1 aromatic carbocycles. The molecule has 0 spiro atoms. The third-order valence-corrected chi connectivity index (χ3v) is 3.22. The van der Waals surface area contributed by atoms with E-state index >= 15 is 0 Å². The Morgan fingerprint density at radius 2 is 2.05 bits per heavy atom. The predicted molar refractivity (Wildman–Crippen MR) is 79.0 cm³/mol. The monoisotopic (exact) mass is 266 g/mol. The minimum Gasteiger partial charge on any atom is -0.497 e. The van der Waals surface area contributed by atoms with Gasteiger partial charge in [-0.1, -0.05) is 13.0 Å². The van der Waals surface area contributed by atoms with Crippen molar-refractivity contribution >= 4 is 0 Å². The third-order valence-electron chi connectivity index (χ3n) is 3.22. The Kier molecular flexibility index (Phi) is 7.30. The van der Waals surface area contributed by atoms with E-state index in [2.05, 4.69) is 18.3 Å². The molecule has 0 aromatic heterocycles. The molecular formula is C15H26N2O2. The van der Waals surface area contributed by atoms with Crippen LogP contribution in [0.5, 0.6) is 11.5 Å². The van der Waals surface area contributed by atoms with Gasteiger partial charge in [-0.05, 0) is 50.0 Å². The lowest BCUT2D eigenvalue weighted by Gasteiger charge is -2.13. The normalized spacial score (nSPS) is 12.2. The fourth-order valence-electron chi connectivity index (χ4n) is 2.02. The average molecular weight is 266 g/mol. The maximum absolute atomic E-state index is 5.53. The van der Waals surface area contributed by atoms with Gasteiger partial charge in [0, 0.05) is 6.07 Å². The van der Waals surface area contributed by atoms with Gasteiger partial charge in [-0.25, -0.2) is 0 Å². The highest BCUT2D eigenvalue weighted by molar-refractivity contribution is 5.40. The van der Waals surface area contributed by atoms with Gasteiger partial charge in [-0.3, -0.25) is 0 Å². The van der Waals surface area contributed by atoms with E-state index in [0.717, 1.165) is 44.0 Å². The van der Waals surface area contributed by atoms with Crippen LogP contribution in [0.4, 0.5) is 0 Å². The number of nitrogens with one attached hydrogen (secondary N) is 1. The SMILES string of the molecule is COc1ccc(CCNCC(C)CCN)c(OC)c1. The van der Waals surface area contributed by atoms with Gasteiger partial charge in [0.25, 0.3) is 0 Å². The molecule has 0 aliphatic heterocycles. The molecule has 0 saturated heterocycles. The van der Waals surface area contributed by atoms with Gasteiger partial charge in [0.05, 0.1) is 14.2 Å². The van der Waals surface area contributed by atoms with Crippen LogP contribution in [0.25, 0.3) is 0 Å². The molecule has 4 heteroatoms. The maximum atomic E-state index is 5.53. The summed E-state index contributed by atoms with van der Waals surface area (Å²) in [4.78, 5) is 0. The summed E-state index contributed by atoms with van der Waals surface area (Å²) in [6.07, 6.45) is 2.02. The molecule has 1 rings (SSSR count). The van der Waals surface area contributed by atoms with Crippen LogP contribution in [-0.2, 0) is 6.42 Å². The molecule has 1 unspecified atom stereocenters. The first-order valence-electron chi connectivity index (χ1n) is 6.83. The smallest absolute Gasteiger partial charge is 0.125 e. The summed E-state index contributed by atoms with van der Waals surface area (Å²) in [6.45, 7) is 4.93. The van der Waals surface area contributed by atoms with Crippen LogP contribution in [-0.4, -0.2) is 33.9 Å². The van der Waals surface area contributed by atoms with Crippen LogP contribution in [0.15, 0.2) is 18.2 Å². The maximum Gasteiger partial charge on any atom is 0.125 e. The van der Waals surface area contributed by atoms with E-state index in [1.165, 1.54) is 5.56 Å². The lowest BCUT2D eigenvalue weighted by atomic mass is 10.1. The second-order valence-corrected chi connectivity index (χ2v) is 4.81. The summed E-state index contributed by atoms with van der Waals surface area (Å²) >= 11 is 0. The van der Waals surface area contributed by atoms with E-state index < -0.39 is 0 Å². The molecule has 0 fully saturated rings. The molecule has 0 bridgehead atoms. The number of hydrogen-bond acceptors (Lipinski definition) is 4. The largest absolute Gasteiger partial charge is 0.497 e. The van der Waals surface area contributed by atoms with Crippen molar-refractivity contribution in [1.82, 2.24) is 5.32 Å². The van der Waals surface area contributed by atoms with Gasteiger partial charge in [0.2, 0.25) is 0 Å². The lowest BCUT2D eigenvalue weighted by molar-refractivity contribution is 0.390. The second kappa shape index (κ2) is 8.77. The molecule has 108 valence electrons. The van der Waals surface area contributed by atoms with Gasteiger partial charge in [0.1, 0.15) is 11.5 Å². The van der Waals surface area contributed by atoms with E-state index in [1.807, 2.05) is 12.1 Å². The highest BCUT2D eigenvalue weighted by atomic mass is 16.5. The van der Waals surface area contributed by atoms with Crippen molar-refractivity contribution in [3.05, 3.63) is 23.8 Å². The first kappa shape index (κ1) is 15.8. The molecule has 4 nitrogen and oxygen atoms in total. The Labute approximate surface area is 116 Å². The fraction of sp³-hybridized carbons (Fsp3) is 0.600. The van der Waals surface area contributed by atoms with Gasteiger partial charge in [-0.2, -0.15) is 0 Å². The molecule has 1 aromatic rings. The lowest BCUT2D eigenvalue weighted by Crippen LogP contribution is -2.25. The predicted octanol–water partition coefficient (Wildman–Crippen LogP) is 1.82. The Morgan fingerprint density at radius 3 is 2.68 bits per heavy atom. The molecule has 0 amide bonds. The van der Waals surface area contributed by atoms with Gasteiger partial charge in [-0.15, -0.1) is 0 Å². The molecule has 3 N–H and O–H groups in total. The van der Waals surface area contributed by atoms with E-state index in [0.29, 0.717) is 5.92 Å². The number of hydrogen-bond donors (Lipinski definition) is 2. The quantitative estimate of drug-likeness (QED) is 0.669. The van der Waals surface area contributed by atoms with E-state index in [1.54, 1.807) is 14.2 Å². The van der Waals surface area contributed by atoms with Crippen molar-refractivity contribution in [1.29, 1.82) is 0 Å². The summed E-state index contributed by atoms with van der Waals surface area (Å²) in [5.41, 5.74) is 6.73. The standard InChI is InChI=1S/C15H26N2O2/c1-12(6-8-16)11-17-9-7-13-4-5-14(18-2)10-15(13)19-3/h4-5,10,12,17H,6-9,11,16H2,1-3H3. The van der Waals surface area contributed by atoms with E-state index in [9.17, 15) is 0 Å². The van der Waals surface area contributed by atoms with Crippen molar-refractivity contribution in [3.63, 3.8) is 0 Å². The molecule has 0 radical (unpaired) electrons. The topological polar surface area (TPSA) is 56.5 Å². The van der Waals surface area contributed by atoms with Gasteiger partial charge >= 0.3 is 0 Å². The zero-order valence-corrected chi connectivity index (χ0v) is 12.2. The fourth-order valence-corrected chi connectivity index (χ4v) is 2.02. The third kappa shape index (κ3) is 5.49. The Morgan fingerprint density at radius 1 is 1.26 bits per heavy atom. The van der Waals surface area contributed by atoms with Crippen molar-refractivity contribution < 1.29 is 9.47 Å². The molecule has 0 saturated carbocycles. The Balaban J connectivity index is 2.40. The summed E-state index contributed by atoms with van der Waals surface area (Å²) in [5, 5.41) is 3.46.